The summed E-state index contributed by atoms with van der Waals surface area (Å²) >= 11 is 0. The number of piperidine rings is 1. The molecule has 1 aliphatic carbocycles. The molecule has 0 radical (unpaired) electrons. The van der Waals surface area contributed by atoms with Crippen molar-refractivity contribution in [3.63, 3.8) is 0 Å². The van der Waals surface area contributed by atoms with Crippen LogP contribution in [0.3, 0.4) is 0 Å². The zero-order chi connectivity index (χ0) is 13.5. The van der Waals surface area contributed by atoms with Gasteiger partial charge < -0.3 is 5.32 Å². The Morgan fingerprint density at radius 2 is 2.00 bits per heavy atom. The minimum absolute atomic E-state index is 0.0807. The molecule has 1 spiro atoms. The van der Waals surface area contributed by atoms with E-state index in [0.717, 1.165) is 19.4 Å². The van der Waals surface area contributed by atoms with Gasteiger partial charge in [-0.25, -0.2) is 0 Å². The minimum atomic E-state index is -0.111. The summed E-state index contributed by atoms with van der Waals surface area (Å²) in [5, 5.41) is 3.66. The summed E-state index contributed by atoms with van der Waals surface area (Å²) in [6, 6.07) is 0.0908. The Morgan fingerprint density at radius 3 is 2.63 bits per heavy atom. The molecule has 2 aliphatic heterocycles. The molecular weight excluding hydrogens is 240 g/mol. The third-order valence-corrected chi connectivity index (χ3v) is 4.91. The second-order valence-corrected chi connectivity index (χ2v) is 6.26. The van der Waals surface area contributed by atoms with Crippen molar-refractivity contribution < 1.29 is 9.59 Å². The third kappa shape index (κ3) is 2.22. The molecule has 2 heterocycles. The van der Waals surface area contributed by atoms with Crippen molar-refractivity contribution in [1.82, 2.24) is 10.2 Å². The maximum Gasteiger partial charge on any atom is 0.256 e. The monoisotopic (exact) mass is 262 g/mol. The van der Waals surface area contributed by atoms with E-state index < -0.39 is 0 Å². The normalized spacial score (nSPS) is 30.9. The fourth-order valence-electron chi connectivity index (χ4n) is 3.91. The summed E-state index contributed by atoms with van der Waals surface area (Å²) in [4.78, 5) is 25.6. The Hall–Kier alpha value is -1.16. The van der Waals surface area contributed by atoms with Crippen LogP contribution in [0.15, 0.2) is 11.6 Å². The lowest BCUT2D eigenvalue weighted by Gasteiger charge is -2.46. The standard InChI is InChI=1S/C15H22N2O2/c1-11-9-13(18)17(14(11)19)12-5-8-16-15(10-12)6-3-2-4-7-15/h9,12,16H,2-8,10H2,1H3. The SMILES string of the molecule is CC1=CC(=O)N(C2CCNC3(CCCCC3)C2)C1=O. The van der Waals surface area contributed by atoms with Gasteiger partial charge in [0.15, 0.2) is 0 Å². The number of nitrogens with zero attached hydrogens (tertiary/aromatic N) is 1. The largest absolute Gasteiger partial charge is 0.311 e. The molecule has 104 valence electrons. The predicted octanol–water partition coefficient (Wildman–Crippen LogP) is 1.76. The minimum Gasteiger partial charge on any atom is -0.311 e. The summed E-state index contributed by atoms with van der Waals surface area (Å²) in [6.07, 6.45) is 9.52. The maximum atomic E-state index is 12.1. The Labute approximate surface area is 114 Å². The quantitative estimate of drug-likeness (QED) is 0.733. The lowest BCUT2D eigenvalue weighted by molar-refractivity contribution is -0.141. The van der Waals surface area contributed by atoms with Gasteiger partial charge in [-0.3, -0.25) is 14.5 Å². The Balaban J connectivity index is 1.75. The highest BCUT2D eigenvalue weighted by Crippen LogP contribution is 2.37. The van der Waals surface area contributed by atoms with Crippen molar-refractivity contribution in [2.75, 3.05) is 6.54 Å². The van der Waals surface area contributed by atoms with E-state index in [9.17, 15) is 9.59 Å². The van der Waals surface area contributed by atoms with Gasteiger partial charge in [-0.15, -0.1) is 0 Å². The van der Waals surface area contributed by atoms with Gasteiger partial charge in [-0.2, -0.15) is 0 Å². The molecule has 0 aromatic carbocycles. The molecule has 3 aliphatic rings. The van der Waals surface area contributed by atoms with Gasteiger partial charge in [0.1, 0.15) is 0 Å². The van der Waals surface area contributed by atoms with Crippen LogP contribution in [0.25, 0.3) is 0 Å². The van der Waals surface area contributed by atoms with Gasteiger partial charge >= 0.3 is 0 Å². The molecule has 1 saturated carbocycles. The highest BCUT2D eigenvalue weighted by molar-refractivity contribution is 6.16. The smallest absolute Gasteiger partial charge is 0.256 e. The topological polar surface area (TPSA) is 49.4 Å². The van der Waals surface area contributed by atoms with E-state index in [1.807, 2.05) is 0 Å². The highest BCUT2D eigenvalue weighted by atomic mass is 16.2. The van der Waals surface area contributed by atoms with Gasteiger partial charge in [0, 0.05) is 23.2 Å². The Morgan fingerprint density at radius 1 is 1.26 bits per heavy atom. The molecule has 1 atom stereocenters. The first-order valence-electron chi connectivity index (χ1n) is 7.42. The van der Waals surface area contributed by atoms with Crippen LogP contribution in [-0.2, 0) is 9.59 Å². The van der Waals surface area contributed by atoms with Crippen LogP contribution >= 0.6 is 0 Å². The number of nitrogens with one attached hydrogen (secondary N) is 1. The molecule has 1 saturated heterocycles. The van der Waals surface area contributed by atoms with Gasteiger partial charge in [-0.1, -0.05) is 19.3 Å². The van der Waals surface area contributed by atoms with E-state index >= 15 is 0 Å². The first-order valence-corrected chi connectivity index (χ1v) is 7.42. The van der Waals surface area contributed by atoms with Crippen molar-refractivity contribution in [3.8, 4) is 0 Å². The first-order chi connectivity index (χ1) is 9.11. The molecular formula is C15H22N2O2. The molecule has 1 N–H and O–H groups in total. The highest BCUT2D eigenvalue weighted by Gasteiger charge is 2.43. The van der Waals surface area contributed by atoms with Crippen LogP contribution in [0.2, 0.25) is 0 Å². The number of imide groups is 1. The zero-order valence-corrected chi connectivity index (χ0v) is 11.6. The van der Waals surface area contributed by atoms with E-state index in [2.05, 4.69) is 5.32 Å². The van der Waals surface area contributed by atoms with Crippen molar-refractivity contribution in [2.24, 2.45) is 0 Å². The second-order valence-electron chi connectivity index (χ2n) is 6.26. The lowest BCUT2D eigenvalue weighted by Crippen LogP contribution is -2.58. The molecule has 19 heavy (non-hydrogen) atoms. The summed E-state index contributed by atoms with van der Waals surface area (Å²) in [5.41, 5.74) is 0.763. The van der Waals surface area contributed by atoms with Crippen molar-refractivity contribution >= 4 is 11.8 Å². The molecule has 3 rings (SSSR count). The number of hydrogen-bond donors (Lipinski definition) is 1. The van der Waals surface area contributed by atoms with Crippen LogP contribution in [0, 0.1) is 0 Å². The van der Waals surface area contributed by atoms with Crippen LogP contribution in [0.5, 0.6) is 0 Å². The fraction of sp³-hybridized carbons (Fsp3) is 0.733. The fourth-order valence-corrected chi connectivity index (χ4v) is 3.91. The predicted molar refractivity (Wildman–Crippen MR) is 72.5 cm³/mol. The number of carbonyl (C=O) groups excluding carboxylic acids is 2. The van der Waals surface area contributed by atoms with Crippen LogP contribution < -0.4 is 5.32 Å². The average molecular weight is 262 g/mol. The molecule has 1 unspecified atom stereocenters. The first kappa shape index (κ1) is 12.9. The third-order valence-electron chi connectivity index (χ3n) is 4.91. The Kier molecular flexibility index (Phi) is 3.21. The van der Waals surface area contributed by atoms with Crippen LogP contribution in [-0.4, -0.2) is 34.8 Å². The second kappa shape index (κ2) is 4.75. The average Bonchev–Trinajstić information content (AvgIpc) is 2.64. The van der Waals surface area contributed by atoms with Crippen LogP contribution in [0.1, 0.15) is 51.9 Å². The Bertz CT molecular complexity index is 430. The van der Waals surface area contributed by atoms with Crippen molar-refractivity contribution in [2.45, 2.75) is 63.5 Å². The van der Waals surface area contributed by atoms with E-state index in [4.69, 9.17) is 0 Å². The maximum absolute atomic E-state index is 12.1. The van der Waals surface area contributed by atoms with E-state index in [0.29, 0.717) is 5.57 Å². The lowest BCUT2D eigenvalue weighted by atomic mass is 9.74. The van der Waals surface area contributed by atoms with E-state index in [-0.39, 0.29) is 23.4 Å². The van der Waals surface area contributed by atoms with Crippen molar-refractivity contribution in [1.29, 1.82) is 0 Å². The molecule has 2 amide bonds. The van der Waals surface area contributed by atoms with Crippen molar-refractivity contribution in [3.05, 3.63) is 11.6 Å². The number of carbonyl (C=O) groups is 2. The molecule has 4 heteroatoms. The van der Waals surface area contributed by atoms with Gasteiger partial charge in [0.05, 0.1) is 0 Å². The van der Waals surface area contributed by atoms with Gasteiger partial charge in [-0.05, 0) is 39.2 Å². The summed E-state index contributed by atoms with van der Waals surface area (Å²) in [6.45, 7) is 2.65. The number of amides is 2. The summed E-state index contributed by atoms with van der Waals surface area (Å²) < 4.78 is 0. The van der Waals surface area contributed by atoms with Crippen LogP contribution in [0.4, 0.5) is 0 Å². The summed E-state index contributed by atoms with van der Waals surface area (Å²) in [7, 11) is 0. The summed E-state index contributed by atoms with van der Waals surface area (Å²) in [5.74, 6) is -0.191. The molecule has 2 fully saturated rings. The molecule has 0 bridgehead atoms. The molecule has 0 aromatic heterocycles. The zero-order valence-electron chi connectivity index (χ0n) is 11.6. The van der Waals surface area contributed by atoms with Gasteiger partial charge in [0.25, 0.3) is 11.8 Å². The molecule has 4 nitrogen and oxygen atoms in total. The van der Waals surface area contributed by atoms with Gasteiger partial charge in [0.2, 0.25) is 0 Å². The van der Waals surface area contributed by atoms with E-state index in [1.165, 1.54) is 43.1 Å². The number of rotatable bonds is 1. The van der Waals surface area contributed by atoms with E-state index in [1.54, 1.807) is 6.92 Å². The number of hydrogen-bond acceptors (Lipinski definition) is 3. The molecule has 0 aromatic rings.